The maximum Gasteiger partial charge on any atom is 0.241 e. The maximum atomic E-state index is 11.9. The van der Waals surface area contributed by atoms with Crippen LogP contribution in [0.1, 0.15) is 12.8 Å². The lowest BCUT2D eigenvalue weighted by Gasteiger charge is -2.15. The van der Waals surface area contributed by atoms with Gasteiger partial charge in [0, 0.05) is 19.3 Å². The summed E-state index contributed by atoms with van der Waals surface area (Å²) in [6, 6.07) is 3.66. The molecule has 0 bridgehead atoms. The van der Waals surface area contributed by atoms with Gasteiger partial charge >= 0.3 is 0 Å². The molecule has 0 unspecified atom stereocenters. The minimum Gasteiger partial charge on any atom is -0.464 e. The Morgan fingerprint density at radius 2 is 2.22 bits per heavy atom. The first kappa shape index (κ1) is 11.1. The zero-order valence-corrected chi connectivity index (χ0v) is 10.1. The van der Waals surface area contributed by atoms with Gasteiger partial charge in [-0.15, -0.1) is 0 Å². The Labute approximate surface area is 105 Å². The largest absolute Gasteiger partial charge is 0.464 e. The number of aromatic nitrogens is 1. The van der Waals surface area contributed by atoms with Crippen molar-refractivity contribution in [3.63, 3.8) is 0 Å². The van der Waals surface area contributed by atoms with E-state index in [-0.39, 0.29) is 12.5 Å². The number of anilines is 1. The van der Waals surface area contributed by atoms with E-state index < -0.39 is 0 Å². The number of hydrogen-bond acceptors (Lipinski definition) is 4. The van der Waals surface area contributed by atoms with Gasteiger partial charge in [-0.05, 0) is 25.0 Å². The van der Waals surface area contributed by atoms with Gasteiger partial charge in [0.05, 0.1) is 18.2 Å². The highest BCUT2D eigenvalue weighted by atomic mass is 16.3. The van der Waals surface area contributed by atoms with Crippen LogP contribution in [-0.2, 0) is 4.79 Å². The summed E-state index contributed by atoms with van der Waals surface area (Å²) in [4.78, 5) is 18.0. The minimum atomic E-state index is 0.134. The number of hydrogen-bond donors (Lipinski definition) is 1. The fraction of sp³-hybridized carbons (Fsp3) is 0.385. The maximum absolute atomic E-state index is 11.9. The molecule has 5 heteroatoms. The van der Waals surface area contributed by atoms with Gasteiger partial charge < -0.3 is 14.6 Å². The summed E-state index contributed by atoms with van der Waals surface area (Å²) in [7, 11) is 0. The predicted octanol–water partition coefficient (Wildman–Crippen LogP) is 1.86. The van der Waals surface area contributed by atoms with Crippen LogP contribution in [0.15, 0.2) is 29.0 Å². The lowest BCUT2D eigenvalue weighted by Crippen LogP contribution is -2.33. The van der Waals surface area contributed by atoms with Crippen LogP contribution < -0.4 is 5.32 Å². The summed E-state index contributed by atoms with van der Waals surface area (Å²) in [5, 5.41) is 4.00. The second-order valence-electron chi connectivity index (χ2n) is 4.43. The molecule has 0 radical (unpaired) electrons. The predicted molar refractivity (Wildman–Crippen MR) is 68.3 cm³/mol. The standard InChI is InChI=1S/C13H15N3O2/c17-12(16-6-1-2-7-16)9-15-13-10-4-8-18-11(10)3-5-14-13/h3-5,8H,1-2,6-7,9H2,(H,14,15). The second kappa shape index (κ2) is 4.68. The molecule has 94 valence electrons. The van der Waals surface area contributed by atoms with E-state index in [4.69, 9.17) is 4.42 Å². The molecule has 5 nitrogen and oxygen atoms in total. The number of amides is 1. The van der Waals surface area contributed by atoms with Crippen molar-refractivity contribution in [2.45, 2.75) is 12.8 Å². The van der Waals surface area contributed by atoms with E-state index in [1.807, 2.05) is 17.0 Å². The monoisotopic (exact) mass is 245 g/mol. The molecule has 1 aliphatic heterocycles. The number of carbonyl (C=O) groups excluding carboxylic acids is 1. The van der Waals surface area contributed by atoms with Crippen LogP contribution >= 0.6 is 0 Å². The summed E-state index contributed by atoms with van der Waals surface area (Å²) < 4.78 is 5.29. The summed E-state index contributed by atoms with van der Waals surface area (Å²) in [5.41, 5.74) is 0.779. The number of rotatable bonds is 3. The highest BCUT2D eigenvalue weighted by molar-refractivity contribution is 5.90. The molecule has 3 heterocycles. The summed E-state index contributed by atoms with van der Waals surface area (Å²) in [5.74, 6) is 0.837. The topological polar surface area (TPSA) is 58.4 Å². The number of pyridine rings is 1. The normalized spacial score (nSPS) is 15.2. The number of likely N-dealkylation sites (tertiary alicyclic amines) is 1. The van der Waals surface area contributed by atoms with Gasteiger partial charge in [0.25, 0.3) is 0 Å². The fourth-order valence-corrected chi connectivity index (χ4v) is 2.27. The van der Waals surface area contributed by atoms with E-state index in [0.29, 0.717) is 5.82 Å². The first-order valence-electron chi connectivity index (χ1n) is 6.18. The molecule has 2 aromatic rings. The molecule has 0 atom stereocenters. The molecule has 3 rings (SSSR count). The third-order valence-electron chi connectivity index (χ3n) is 3.25. The number of furan rings is 1. The Kier molecular flexibility index (Phi) is 2.88. The first-order chi connectivity index (χ1) is 8.84. The quantitative estimate of drug-likeness (QED) is 0.896. The molecule has 1 saturated heterocycles. The third-order valence-corrected chi connectivity index (χ3v) is 3.25. The minimum absolute atomic E-state index is 0.134. The molecular formula is C13H15N3O2. The van der Waals surface area contributed by atoms with Crippen molar-refractivity contribution < 1.29 is 9.21 Å². The average molecular weight is 245 g/mol. The van der Waals surface area contributed by atoms with Crippen LogP contribution in [0.3, 0.4) is 0 Å². The molecule has 0 saturated carbocycles. The lowest BCUT2D eigenvalue weighted by atomic mass is 10.3. The molecule has 1 N–H and O–H groups in total. The second-order valence-corrected chi connectivity index (χ2v) is 4.43. The molecule has 1 amide bonds. The zero-order chi connectivity index (χ0) is 12.4. The van der Waals surface area contributed by atoms with E-state index in [1.54, 1.807) is 12.5 Å². The van der Waals surface area contributed by atoms with Gasteiger partial charge in [-0.3, -0.25) is 4.79 Å². The zero-order valence-electron chi connectivity index (χ0n) is 10.1. The van der Waals surface area contributed by atoms with Crippen molar-refractivity contribution in [2.24, 2.45) is 0 Å². The summed E-state index contributed by atoms with van der Waals surface area (Å²) >= 11 is 0. The molecule has 0 spiro atoms. The molecule has 2 aromatic heterocycles. The van der Waals surface area contributed by atoms with Crippen molar-refractivity contribution in [1.82, 2.24) is 9.88 Å². The van der Waals surface area contributed by atoms with E-state index in [1.165, 1.54) is 0 Å². The molecule has 1 aliphatic rings. The van der Waals surface area contributed by atoms with Crippen molar-refractivity contribution in [3.05, 3.63) is 24.6 Å². The van der Waals surface area contributed by atoms with E-state index in [0.717, 1.165) is 36.9 Å². The summed E-state index contributed by atoms with van der Waals surface area (Å²) in [6.45, 7) is 2.05. The molecule has 18 heavy (non-hydrogen) atoms. The van der Waals surface area contributed by atoms with Crippen LogP contribution in [0.4, 0.5) is 5.82 Å². The number of carbonyl (C=O) groups is 1. The Hall–Kier alpha value is -2.04. The van der Waals surface area contributed by atoms with Crippen molar-refractivity contribution in [2.75, 3.05) is 25.0 Å². The SMILES string of the molecule is O=C(CNc1nccc2occc12)N1CCCC1. The van der Waals surface area contributed by atoms with Gasteiger partial charge in [-0.2, -0.15) is 0 Å². The average Bonchev–Trinajstić information content (AvgIpc) is 3.05. The van der Waals surface area contributed by atoms with Crippen LogP contribution in [0.25, 0.3) is 11.0 Å². The molecular weight excluding hydrogens is 230 g/mol. The fourth-order valence-electron chi connectivity index (χ4n) is 2.27. The smallest absolute Gasteiger partial charge is 0.241 e. The third kappa shape index (κ3) is 2.03. The number of nitrogens with zero attached hydrogens (tertiary/aromatic N) is 2. The van der Waals surface area contributed by atoms with Gasteiger partial charge in [-0.25, -0.2) is 4.98 Å². The van der Waals surface area contributed by atoms with Gasteiger partial charge in [0.1, 0.15) is 11.4 Å². The molecule has 0 aromatic carbocycles. The molecule has 1 fully saturated rings. The van der Waals surface area contributed by atoms with Gasteiger partial charge in [-0.1, -0.05) is 0 Å². The highest BCUT2D eigenvalue weighted by Crippen LogP contribution is 2.21. The Bertz CT molecular complexity index is 558. The first-order valence-corrected chi connectivity index (χ1v) is 6.18. The van der Waals surface area contributed by atoms with E-state index in [9.17, 15) is 4.79 Å². The summed E-state index contributed by atoms with van der Waals surface area (Å²) in [6.07, 6.45) is 5.52. The number of fused-ring (bicyclic) bond motifs is 1. The van der Waals surface area contributed by atoms with Crippen molar-refractivity contribution in [1.29, 1.82) is 0 Å². The van der Waals surface area contributed by atoms with Gasteiger partial charge in [0.15, 0.2) is 0 Å². The number of nitrogens with one attached hydrogen (secondary N) is 1. The van der Waals surface area contributed by atoms with E-state index in [2.05, 4.69) is 10.3 Å². The highest BCUT2D eigenvalue weighted by Gasteiger charge is 2.17. The van der Waals surface area contributed by atoms with Crippen molar-refractivity contribution in [3.8, 4) is 0 Å². The van der Waals surface area contributed by atoms with E-state index >= 15 is 0 Å². The van der Waals surface area contributed by atoms with Crippen molar-refractivity contribution >= 4 is 22.7 Å². The van der Waals surface area contributed by atoms with Crippen LogP contribution in [0.5, 0.6) is 0 Å². The Morgan fingerprint density at radius 3 is 3.06 bits per heavy atom. The lowest BCUT2D eigenvalue weighted by molar-refractivity contribution is -0.128. The van der Waals surface area contributed by atoms with Crippen LogP contribution in [0.2, 0.25) is 0 Å². The van der Waals surface area contributed by atoms with Gasteiger partial charge in [0.2, 0.25) is 5.91 Å². The Morgan fingerprint density at radius 1 is 1.39 bits per heavy atom. The van der Waals surface area contributed by atoms with Crippen LogP contribution in [-0.4, -0.2) is 35.4 Å². The van der Waals surface area contributed by atoms with Crippen LogP contribution in [0, 0.1) is 0 Å². The molecule has 0 aliphatic carbocycles. The Balaban J connectivity index is 1.69.